The Hall–Kier alpha value is -2.04. The van der Waals surface area contributed by atoms with E-state index in [-0.39, 0.29) is 40.1 Å². The Morgan fingerprint density at radius 3 is 2.84 bits per heavy atom. The Morgan fingerprint density at radius 2 is 2.12 bits per heavy atom. The highest BCUT2D eigenvalue weighted by atomic mass is 35.5. The van der Waals surface area contributed by atoms with Crippen LogP contribution in [0.25, 0.3) is 10.2 Å². The molecule has 32 heavy (non-hydrogen) atoms. The van der Waals surface area contributed by atoms with Gasteiger partial charge >= 0.3 is 0 Å². The van der Waals surface area contributed by atoms with E-state index in [1.165, 1.54) is 29.5 Å². The van der Waals surface area contributed by atoms with E-state index in [1.807, 2.05) is 31.2 Å². The van der Waals surface area contributed by atoms with Crippen molar-refractivity contribution in [3.05, 3.63) is 58.1 Å². The van der Waals surface area contributed by atoms with Gasteiger partial charge in [-0.25, -0.2) is 18.1 Å². The Morgan fingerprint density at radius 1 is 1.34 bits per heavy atom. The molecule has 4 rings (SSSR count). The average molecular weight is 494 g/mol. The van der Waals surface area contributed by atoms with Crippen molar-refractivity contribution >= 4 is 49.1 Å². The zero-order chi connectivity index (χ0) is 22.9. The number of thiazole rings is 1. The van der Waals surface area contributed by atoms with Gasteiger partial charge in [-0.3, -0.25) is 4.79 Å². The van der Waals surface area contributed by atoms with Crippen LogP contribution in [0.4, 0.5) is 0 Å². The van der Waals surface area contributed by atoms with Crippen LogP contribution in [0.15, 0.2) is 47.4 Å². The summed E-state index contributed by atoms with van der Waals surface area (Å²) in [6, 6.07) is 11.8. The van der Waals surface area contributed by atoms with Gasteiger partial charge in [-0.15, -0.1) is 11.3 Å². The number of nitrogens with one attached hydrogen (secondary N) is 1. The molecule has 170 valence electrons. The summed E-state index contributed by atoms with van der Waals surface area (Å²) in [4.78, 5) is 19.2. The minimum absolute atomic E-state index is 0.0586. The predicted molar refractivity (Wildman–Crippen MR) is 126 cm³/mol. The summed E-state index contributed by atoms with van der Waals surface area (Å²) in [7, 11) is -2.21. The van der Waals surface area contributed by atoms with E-state index < -0.39 is 10.0 Å². The molecule has 0 spiro atoms. The predicted octanol–water partition coefficient (Wildman–Crippen LogP) is 4.24. The summed E-state index contributed by atoms with van der Waals surface area (Å²) >= 11 is 7.71. The van der Waals surface area contributed by atoms with Crippen molar-refractivity contribution in [1.29, 1.82) is 0 Å². The molecule has 1 aromatic heterocycles. The van der Waals surface area contributed by atoms with Gasteiger partial charge in [0.05, 0.1) is 27.4 Å². The molecule has 1 amide bonds. The largest absolute Gasteiger partial charge is 0.377 e. The van der Waals surface area contributed by atoms with Gasteiger partial charge in [-0.1, -0.05) is 23.7 Å². The Kier molecular flexibility index (Phi) is 6.83. The first-order valence-corrected chi connectivity index (χ1v) is 13.0. The zero-order valence-electron chi connectivity index (χ0n) is 17.7. The molecule has 0 bridgehead atoms. The highest BCUT2D eigenvalue weighted by Crippen LogP contribution is 2.30. The second-order valence-electron chi connectivity index (χ2n) is 7.74. The molecule has 10 heteroatoms. The van der Waals surface area contributed by atoms with Crippen LogP contribution in [0.5, 0.6) is 0 Å². The normalized spacial score (nSPS) is 17.5. The fourth-order valence-electron chi connectivity index (χ4n) is 3.54. The van der Waals surface area contributed by atoms with Crippen molar-refractivity contribution < 1.29 is 17.9 Å². The van der Waals surface area contributed by atoms with E-state index >= 15 is 0 Å². The third-order valence-corrected chi connectivity index (χ3v) is 8.67. The topological polar surface area (TPSA) is 88.6 Å². The second-order valence-corrected chi connectivity index (χ2v) is 10.9. The molecule has 2 heterocycles. The zero-order valence-corrected chi connectivity index (χ0v) is 20.1. The molecule has 1 saturated heterocycles. The van der Waals surface area contributed by atoms with E-state index in [0.717, 1.165) is 28.1 Å². The number of aromatic nitrogens is 1. The first kappa shape index (κ1) is 23.1. The molecule has 3 aromatic rings. The fourth-order valence-corrected chi connectivity index (χ4v) is 6.19. The number of ether oxygens (including phenoxy) is 1. The molecule has 1 fully saturated rings. The van der Waals surface area contributed by atoms with E-state index in [0.29, 0.717) is 6.61 Å². The lowest BCUT2D eigenvalue weighted by Crippen LogP contribution is -2.32. The molecule has 2 aromatic carbocycles. The molecule has 1 aliphatic rings. The quantitative estimate of drug-likeness (QED) is 0.531. The number of sulfonamides is 1. The van der Waals surface area contributed by atoms with Gasteiger partial charge in [0, 0.05) is 25.8 Å². The fraction of sp³-hybridized carbons (Fsp3) is 0.364. The number of para-hydroxylation sites is 1. The summed E-state index contributed by atoms with van der Waals surface area (Å²) in [5.41, 5.74) is 1.12. The Labute approximate surface area is 196 Å². The van der Waals surface area contributed by atoms with E-state index in [1.54, 1.807) is 11.9 Å². The minimum Gasteiger partial charge on any atom is -0.377 e. The maximum absolute atomic E-state index is 13.2. The number of hydrogen-bond donors (Lipinski definition) is 1. The summed E-state index contributed by atoms with van der Waals surface area (Å²) < 4.78 is 34.7. The lowest BCUT2D eigenvalue weighted by Gasteiger charge is -2.23. The smallest absolute Gasteiger partial charge is 0.254 e. The molecule has 1 aliphatic heterocycles. The van der Waals surface area contributed by atoms with Gasteiger partial charge in [-0.2, -0.15) is 0 Å². The molecular formula is C22H24ClN3O4S2. The number of fused-ring (bicyclic) bond motifs is 1. The van der Waals surface area contributed by atoms with Gasteiger partial charge in [0.1, 0.15) is 9.90 Å². The highest BCUT2D eigenvalue weighted by molar-refractivity contribution is 7.89. The SMILES string of the molecule is C[C@H](c1nc2ccccc2s1)N(C)C(=O)c1ccc(Cl)c(S(=O)(=O)NC[C@H]2CCCO2)c1. The van der Waals surface area contributed by atoms with E-state index in [9.17, 15) is 13.2 Å². The monoisotopic (exact) mass is 493 g/mol. The van der Waals surface area contributed by atoms with Crippen molar-refractivity contribution in [2.24, 2.45) is 0 Å². The molecule has 0 saturated carbocycles. The molecule has 1 N–H and O–H groups in total. The molecular weight excluding hydrogens is 470 g/mol. The van der Waals surface area contributed by atoms with E-state index in [2.05, 4.69) is 9.71 Å². The van der Waals surface area contributed by atoms with Gasteiger partial charge < -0.3 is 9.64 Å². The van der Waals surface area contributed by atoms with Crippen molar-refractivity contribution in [2.75, 3.05) is 20.2 Å². The number of carbonyl (C=O) groups excluding carboxylic acids is 1. The molecule has 7 nitrogen and oxygen atoms in total. The Balaban J connectivity index is 1.54. The van der Waals surface area contributed by atoms with Crippen molar-refractivity contribution in [1.82, 2.24) is 14.6 Å². The van der Waals surface area contributed by atoms with Crippen LogP contribution in [-0.2, 0) is 14.8 Å². The lowest BCUT2D eigenvalue weighted by molar-refractivity contribution is 0.0742. The van der Waals surface area contributed by atoms with Gasteiger partial charge in [0.2, 0.25) is 10.0 Å². The van der Waals surface area contributed by atoms with E-state index in [4.69, 9.17) is 16.3 Å². The van der Waals surface area contributed by atoms with Crippen molar-refractivity contribution in [3.63, 3.8) is 0 Å². The summed E-state index contributed by atoms with van der Waals surface area (Å²) in [6.45, 7) is 2.70. The van der Waals surface area contributed by atoms with Crippen LogP contribution in [-0.4, -0.2) is 50.5 Å². The highest BCUT2D eigenvalue weighted by Gasteiger charge is 2.26. The number of benzene rings is 2. The molecule has 2 atom stereocenters. The molecule has 0 unspecified atom stereocenters. The lowest BCUT2D eigenvalue weighted by atomic mass is 10.2. The first-order chi connectivity index (χ1) is 15.3. The first-order valence-electron chi connectivity index (χ1n) is 10.3. The molecule has 0 aliphatic carbocycles. The summed E-state index contributed by atoms with van der Waals surface area (Å²) in [5.74, 6) is -0.316. The maximum Gasteiger partial charge on any atom is 0.254 e. The summed E-state index contributed by atoms with van der Waals surface area (Å²) in [5, 5.41) is 0.866. The second kappa shape index (κ2) is 9.44. The Bertz CT molecular complexity index is 1210. The van der Waals surface area contributed by atoms with Crippen molar-refractivity contribution in [2.45, 2.75) is 36.8 Å². The van der Waals surface area contributed by atoms with Gasteiger partial charge in [-0.05, 0) is 50.1 Å². The maximum atomic E-state index is 13.2. The average Bonchev–Trinajstić information content (AvgIpc) is 3.46. The minimum atomic E-state index is -3.89. The number of carbonyl (C=O) groups is 1. The van der Waals surface area contributed by atoms with Crippen LogP contribution in [0.2, 0.25) is 5.02 Å². The standard InChI is InChI=1S/C22H24ClN3O4S2/c1-14(21-25-18-7-3-4-8-19(18)31-21)26(2)22(27)15-9-10-17(23)20(12-15)32(28,29)24-13-16-6-5-11-30-16/h3-4,7-10,12,14,16,24H,5-6,11,13H2,1-2H3/t14-,16-/m1/s1. The van der Waals surface area contributed by atoms with Gasteiger partial charge in [0.15, 0.2) is 0 Å². The van der Waals surface area contributed by atoms with Gasteiger partial charge in [0.25, 0.3) is 5.91 Å². The molecule has 0 radical (unpaired) electrons. The number of rotatable bonds is 7. The number of nitrogens with zero attached hydrogens (tertiary/aromatic N) is 2. The third kappa shape index (κ3) is 4.82. The van der Waals surface area contributed by atoms with Crippen molar-refractivity contribution in [3.8, 4) is 0 Å². The number of amides is 1. The third-order valence-electron chi connectivity index (χ3n) is 5.56. The van der Waals surface area contributed by atoms with Crippen LogP contribution in [0.3, 0.4) is 0 Å². The van der Waals surface area contributed by atoms with Crippen LogP contribution in [0, 0.1) is 0 Å². The van der Waals surface area contributed by atoms with Crippen LogP contribution < -0.4 is 4.72 Å². The van der Waals surface area contributed by atoms with Crippen LogP contribution >= 0.6 is 22.9 Å². The number of hydrogen-bond acceptors (Lipinski definition) is 6. The number of halogens is 1. The van der Waals surface area contributed by atoms with Crippen LogP contribution in [0.1, 0.15) is 41.2 Å². The summed E-state index contributed by atoms with van der Waals surface area (Å²) in [6.07, 6.45) is 1.58.